The Bertz CT molecular complexity index is 175. The average Bonchev–Trinajstić information content (AvgIpc) is 2.46. The number of esters is 1. The van der Waals surface area contributed by atoms with Gasteiger partial charge in [0.25, 0.3) is 0 Å². The molecule has 68 valence electrons. The number of ether oxygens (including phenoxy) is 2. The van der Waals surface area contributed by atoms with Crippen LogP contribution in [0.3, 0.4) is 0 Å². The molecule has 12 heavy (non-hydrogen) atoms. The smallest absolute Gasteiger partial charge is 0.344 e. The fourth-order valence-corrected chi connectivity index (χ4v) is 1.01. The van der Waals surface area contributed by atoms with Crippen LogP contribution in [0.15, 0.2) is 12.3 Å². The molecule has 1 aliphatic heterocycles. The number of carbonyl (C=O) groups is 1. The maximum absolute atomic E-state index is 10.8. The van der Waals surface area contributed by atoms with Crippen LogP contribution in [0.2, 0.25) is 0 Å². The molecule has 0 aromatic rings. The Morgan fingerprint density at radius 3 is 3.00 bits per heavy atom. The normalized spacial score (nSPS) is 21.4. The van der Waals surface area contributed by atoms with Crippen molar-refractivity contribution in [2.75, 3.05) is 6.61 Å². The van der Waals surface area contributed by atoms with Crippen molar-refractivity contribution in [3.63, 3.8) is 0 Å². The second-order valence-corrected chi connectivity index (χ2v) is 2.76. The van der Waals surface area contributed by atoms with Crippen LogP contribution in [-0.2, 0) is 14.3 Å². The molecule has 0 aliphatic carbocycles. The lowest BCUT2D eigenvalue weighted by atomic mass is 10.3. The summed E-state index contributed by atoms with van der Waals surface area (Å²) in [6.45, 7) is 2.77. The number of hydrogen-bond donors (Lipinski definition) is 0. The molecule has 0 aromatic carbocycles. The number of unbranched alkanes of at least 4 members (excludes halogenated alkanes) is 2. The lowest BCUT2D eigenvalue weighted by Crippen LogP contribution is -2.19. The summed E-state index contributed by atoms with van der Waals surface area (Å²) in [6, 6.07) is 0. The molecule has 1 rings (SSSR count). The summed E-state index contributed by atoms with van der Waals surface area (Å²) in [5, 5.41) is 0. The molecule has 0 spiro atoms. The van der Waals surface area contributed by atoms with E-state index in [1.165, 1.54) is 6.26 Å². The average molecular weight is 170 g/mol. The highest BCUT2D eigenvalue weighted by Crippen LogP contribution is 2.07. The fraction of sp³-hybridized carbons (Fsp3) is 0.667. The Balaban J connectivity index is 2.06. The summed E-state index contributed by atoms with van der Waals surface area (Å²) >= 11 is 0. The fourth-order valence-electron chi connectivity index (χ4n) is 1.01. The predicted molar refractivity (Wildman–Crippen MR) is 44.5 cm³/mol. The van der Waals surface area contributed by atoms with Gasteiger partial charge in [-0.25, -0.2) is 4.79 Å². The maximum Gasteiger partial charge on any atom is 0.344 e. The lowest BCUT2D eigenvalue weighted by Gasteiger charge is -2.05. The highest BCUT2D eigenvalue weighted by atomic mass is 16.6. The molecular formula is C9H14O3. The molecule has 0 saturated carbocycles. The van der Waals surface area contributed by atoms with Crippen LogP contribution in [0.1, 0.15) is 26.2 Å². The zero-order chi connectivity index (χ0) is 8.81. The van der Waals surface area contributed by atoms with E-state index in [-0.39, 0.29) is 5.97 Å². The number of carbonyl (C=O) groups excluding carboxylic acids is 1. The highest BCUT2D eigenvalue weighted by Gasteiger charge is 2.21. The Morgan fingerprint density at radius 1 is 1.58 bits per heavy atom. The first-order chi connectivity index (χ1) is 5.84. The van der Waals surface area contributed by atoms with Crippen molar-refractivity contribution in [2.24, 2.45) is 0 Å². The number of cyclic esters (lactones) is 1. The van der Waals surface area contributed by atoms with Gasteiger partial charge in [-0.2, -0.15) is 0 Å². The Hall–Kier alpha value is -0.830. The summed E-state index contributed by atoms with van der Waals surface area (Å²) in [4.78, 5) is 10.8. The molecule has 1 atom stereocenters. The second-order valence-electron chi connectivity index (χ2n) is 2.76. The Labute approximate surface area is 72.4 Å². The van der Waals surface area contributed by atoms with E-state index in [1.807, 2.05) is 0 Å². The van der Waals surface area contributed by atoms with Gasteiger partial charge in [0.15, 0.2) is 6.10 Å². The molecule has 0 bridgehead atoms. The highest BCUT2D eigenvalue weighted by molar-refractivity contribution is 5.79. The minimum Gasteiger partial charge on any atom is -0.433 e. The van der Waals surface area contributed by atoms with Crippen molar-refractivity contribution in [1.29, 1.82) is 0 Å². The summed E-state index contributed by atoms with van der Waals surface area (Å²) in [5.41, 5.74) is 0. The molecule has 0 amide bonds. The van der Waals surface area contributed by atoms with Gasteiger partial charge in [0.2, 0.25) is 0 Å². The van der Waals surface area contributed by atoms with Gasteiger partial charge in [0.05, 0.1) is 6.26 Å². The summed E-state index contributed by atoms with van der Waals surface area (Å²) < 4.78 is 9.83. The van der Waals surface area contributed by atoms with Crippen LogP contribution in [0.4, 0.5) is 0 Å². The Morgan fingerprint density at radius 2 is 2.42 bits per heavy atom. The quantitative estimate of drug-likeness (QED) is 0.464. The van der Waals surface area contributed by atoms with Crippen molar-refractivity contribution in [3.8, 4) is 0 Å². The van der Waals surface area contributed by atoms with E-state index < -0.39 is 6.10 Å². The number of rotatable bonds is 5. The predicted octanol–water partition coefficient (Wildman–Crippen LogP) is 1.63. The molecule has 0 aromatic heterocycles. The van der Waals surface area contributed by atoms with E-state index in [4.69, 9.17) is 4.74 Å². The lowest BCUT2D eigenvalue weighted by molar-refractivity contribution is -0.145. The van der Waals surface area contributed by atoms with Crippen LogP contribution in [-0.4, -0.2) is 18.7 Å². The van der Waals surface area contributed by atoms with Gasteiger partial charge in [0, 0.05) is 6.61 Å². The van der Waals surface area contributed by atoms with Crippen molar-refractivity contribution < 1.29 is 14.3 Å². The van der Waals surface area contributed by atoms with Crippen molar-refractivity contribution in [2.45, 2.75) is 32.3 Å². The van der Waals surface area contributed by atoms with Crippen molar-refractivity contribution in [3.05, 3.63) is 12.3 Å². The summed E-state index contributed by atoms with van der Waals surface area (Å²) in [7, 11) is 0. The first-order valence-electron chi connectivity index (χ1n) is 4.33. The van der Waals surface area contributed by atoms with Gasteiger partial charge in [-0.15, -0.1) is 0 Å². The van der Waals surface area contributed by atoms with Crippen LogP contribution >= 0.6 is 0 Å². The molecule has 3 nitrogen and oxygen atoms in total. The van der Waals surface area contributed by atoms with Gasteiger partial charge in [-0.1, -0.05) is 19.8 Å². The van der Waals surface area contributed by atoms with E-state index in [1.54, 1.807) is 6.08 Å². The summed E-state index contributed by atoms with van der Waals surface area (Å²) in [6.07, 6.45) is 5.87. The first-order valence-corrected chi connectivity index (χ1v) is 4.33. The molecule has 1 unspecified atom stereocenters. The molecular weight excluding hydrogens is 156 g/mol. The third kappa shape index (κ3) is 2.66. The van der Waals surface area contributed by atoms with Crippen LogP contribution in [0.25, 0.3) is 0 Å². The molecule has 0 radical (unpaired) electrons. The van der Waals surface area contributed by atoms with E-state index in [0.29, 0.717) is 6.61 Å². The van der Waals surface area contributed by atoms with Gasteiger partial charge in [-0.05, 0) is 12.5 Å². The molecule has 0 saturated heterocycles. The number of hydrogen-bond acceptors (Lipinski definition) is 3. The topological polar surface area (TPSA) is 35.5 Å². The maximum atomic E-state index is 10.8. The third-order valence-electron chi connectivity index (χ3n) is 1.72. The molecule has 3 heteroatoms. The van der Waals surface area contributed by atoms with Crippen LogP contribution in [0.5, 0.6) is 0 Å². The standard InChI is InChI=1S/C9H14O3/c1-2-3-4-6-11-8-5-7-12-9(8)10/h5,7-8H,2-4,6H2,1H3. The molecule has 0 N–H and O–H groups in total. The van der Waals surface area contributed by atoms with Crippen LogP contribution in [0, 0.1) is 0 Å². The summed E-state index contributed by atoms with van der Waals surface area (Å²) in [5.74, 6) is -0.300. The van der Waals surface area contributed by atoms with E-state index in [2.05, 4.69) is 11.7 Å². The van der Waals surface area contributed by atoms with Gasteiger partial charge in [0.1, 0.15) is 0 Å². The zero-order valence-corrected chi connectivity index (χ0v) is 7.29. The SMILES string of the molecule is CCCCCOC1C=COC1=O. The second kappa shape index (κ2) is 4.93. The third-order valence-corrected chi connectivity index (χ3v) is 1.72. The minimum absolute atomic E-state index is 0.300. The van der Waals surface area contributed by atoms with E-state index >= 15 is 0 Å². The van der Waals surface area contributed by atoms with Gasteiger partial charge < -0.3 is 9.47 Å². The monoisotopic (exact) mass is 170 g/mol. The van der Waals surface area contributed by atoms with Crippen molar-refractivity contribution >= 4 is 5.97 Å². The van der Waals surface area contributed by atoms with Crippen molar-refractivity contribution in [1.82, 2.24) is 0 Å². The van der Waals surface area contributed by atoms with E-state index in [9.17, 15) is 4.79 Å². The van der Waals surface area contributed by atoms with Crippen LogP contribution < -0.4 is 0 Å². The van der Waals surface area contributed by atoms with Gasteiger partial charge in [-0.3, -0.25) is 0 Å². The molecule has 0 fully saturated rings. The first kappa shape index (κ1) is 9.26. The Kier molecular flexibility index (Phi) is 3.80. The molecule has 1 heterocycles. The molecule has 1 aliphatic rings. The van der Waals surface area contributed by atoms with E-state index in [0.717, 1.165) is 19.3 Å². The zero-order valence-electron chi connectivity index (χ0n) is 7.29. The van der Waals surface area contributed by atoms with Gasteiger partial charge >= 0.3 is 5.97 Å². The largest absolute Gasteiger partial charge is 0.433 e. The minimum atomic E-state index is -0.457.